The van der Waals surface area contributed by atoms with E-state index in [9.17, 15) is 4.79 Å². The quantitative estimate of drug-likeness (QED) is 0.464. The van der Waals surface area contributed by atoms with E-state index in [0.717, 1.165) is 11.2 Å². The van der Waals surface area contributed by atoms with Gasteiger partial charge in [-0.3, -0.25) is 4.79 Å². The van der Waals surface area contributed by atoms with Crippen molar-refractivity contribution in [3.63, 3.8) is 0 Å². The lowest BCUT2D eigenvalue weighted by atomic mass is 9.90. The number of para-hydroxylation sites is 2. The van der Waals surface area contributed by atoms with Crippen LogP contribution < -0.4 is 10.2 Å². The van der Waals surface area contributed by atoms with E-state index < -0.39 is 0 Å². The Morgan fingerprint density at radius 1 is 0.933 bits per heavy atom. The van der Waals surface area contributed by atoms with Crippen molar-refractivity contribution in [1.82, 2.24) is 10.3 Å². The van der Waals surface area contributed by atoms with E-state index in [1.165, 1.54) is 16.5 Å². The van der Waals surface area contributed by atoms with Gasteiger partial charge in [0.25, 0.3) is 0 Å². The Hall–Kier alpha value is -3.37. The molecular formula is C26H27N3O. The van der Waals surface area contributed by atoms with Crippen LogP contribution in [0, 0.1) is 0 Å². The zero-order chi connectivity index (χ0) is 20.9. The molecule has 1 amide bonds. The zero-order valence-corrected chi connectivity index (χ0v) is 17.4. The molecule has 2 N–H and O–H groups in total. The lowest BCUT2D eigenvalue weighted by molar-refractivity contribution is -0.119. The summed E-state index contributed by atoms with van der Waals surface area (Å²) in [6.45, 7) is 2.60. The number of carbonyl (C=O) groups excluding carboxylic acids is 1. The molecule has 0 aliphatic carbocycles. The first-order valence-corrected chi connectivity index (χ1v) is 10.3. The van der Waals surface area contributed by atoms with E-state index in [0.29, 0.717) is 6.54 Å². The molecule has 152 valence electrons. The van der Waals surface area contributed by atoms with Gasteiger partial charge in [-0.25, -0.2) is 0 Å². The van der Waals surface area contributed by atoms with Crippen molar-refractivity contribution in [3.05, 3.63) is 102 Å². The summed E-state index contributed by atoms with van der Waals surface area (Å²) >= 11 is 0. The fourth-order valence-electron chi connectivity index (χ4n) is 3.93. The SMILES string of the molecule is C[C@@H](NC[C@H](c1ccccc1)c1c[nH]c2ccccc12)C(=O)N(C)c1ccccc1. The molecule has 30 heavy (non-hydrogen) atoms. The standard InChI is InChI=1S/C26H27N3O/c1-19(26(30)29(2)21-13-7-4-8-14-21)27-17-23(20-11-5-3-6-12-20)24-18-28-25-16-10-9-15-22(24)25/h3-16,18-19,23,27-28H,17H2,1-2H3/t19-,23-/m1/s1. The number of benzene rings is 3. The number of carbonyl (C=O) groups is 1. The fraction of sp³-hybridized carbons (Fsp3) is 0.192. The van der Waals surface area contributed by atoms with Crippen LogP contribution in [0.15, 0.2) is 91.1 Å². The van der Waals surface area contributed by atoms with Crippen LogP contribution in [-0.4, -0.2) is 30.5 Å². The molecule has 0 aliphatic rings. The molecule has 0 aliphatic heterocycles. The molecule has 0 unspecified atom stereocenters. The van der Waals surface area contributed by atoms with Gasteiger partial charge in [-0.1, -0.05) is 66.7 Å². The smallest absolute Gasteiger partial charge is 0.243 e. The summed E-state index contributed by atoms with van der Waals surface area (Å²) in [4.78, 5) is 18.0. The van der Waals surface area contributed by atoms with Gasteiger partial charge in [-0.15, -0.1) is 0 Å². The second-order valence-electron chi connectivity index (χ2n) is 7.62. The molecule has 3 aromatic carbocycles. The summed E-state index contributed by atoms with van der Waals surface area (Å²) < 4.78 is 0. The number of amides is 1. The number of rotatable bonds is 7. The number of anilines is 1. The fourth-order valence-corrected chi connectivity index (χ4v) is 3.93. The van der Waals surface area contributed by atoms with Gasteiger partial charge in [-0.2, -0.15) is 0 Å². The van der Waals surface area contributed by atoms with Gasteiger partial charge in [0.05, 0.1) is 6.04 Å². The van der Waals surface area contributed by atoms with Crippen molar-refractivity contribution in [2.24, 2.45) is 0 Å². The summed E-state index contributed by atoms with van der Waals surface area (Å²) in [5.41, 5.74) is 4.49. The number of aromatic nitrogens is 1. The molecule has 0 fully saturated rings. The van der Waals surface area contributed by atoms with Gasteiger partial charge < -0.3 is 15.2 Å². The van der Waals surface area contributed by atoms with Gasteiger partial charge in [0.15, 0.2) is 0 Å². The van der Waals surface area contributed by atoms with Gasteiger partial charge in [-0.05, 0) is 36.2 Å². The third-order valence-corrected chi connectivity index (χ3v) is 5.67. The molecule has 1 aromatic heterocycles. The maximum atomic E-state index is 12.9. The lowest BCUT2D eigenvalue weighted by Crippen LogP contribution is -2.44. The van der Waals surface area contributed by atoms with Gasteiger partial charge in [0.2, 0.25) is 5.91 Å². The first-order chi connectivity index (χ1) is 14.6. The number of nitrogens with zero attached hydrogens (tertiary/aromatic N) is 1. The Kier molecular flexibility index (Phi) is 5.96. The Labute approximate surface area is 177 Å². The summed E-state index contributed by atoms with van der Waals surface area (Å²) in [6, 6.07) is 28.2. The summed E-state index contributed by atoms with van der Waals surface area (Å²) in [7, 11) is 1.82. The third kappa shape index (κ3) is 4.14. The predicted octanol–water partition coefficient (Wildman–Crippen LogP) is 4.94. The highest BCUT2D eigenvalue weighted by molar-refractivity contribution is 5.96. The van der Waals surface area contributed by atoms with Crippen LogP contribution in [0.4, 0.5) is 5.69 Å². The third-order valence-electron chi connectivity index (χ3n) is 5.67. The van der Waals surface area contributed by atoms with Crippen LogP contribution in [0.3, 0.4) is 0 Å². The number of aromatic amines is 1. The molecule has 0 bridgehead atoms. The van der Waals surface area contributed by atoms with Crippen LogP contribution in [-0.2, 0) is 4.79 Å². The van der Waals surface area contributed by atoms with E-state index in [2.05, 4.69) is 59.0 Å². The molecular weight excluding hydrogens is 370 g/mol. The Morgan fingerprint density at radius 2 is 1.57 bits per heavy atom. The van der Waals surface area contributed by atoms with Crippen LogP contribution in [0.25, 0.3) is 10.9 Å². The first kappa shape index (κ1) is 19.9. The minimum Gasteiger partial charge on any atom is -0.361 e. The van der Waals surface area contributed by atoms with Crippen LogP contribution in [0.1, 0.15) is 24.0 Å². The summed E-state index contributed by atoms with van der Waals surface area (Å²) in [6.07, 6.45) is 2.09. The maximum Gasteiger partial charge on any atom is 0.243 e. The second-order valence-corrected chi connectivity index (χ2v) is 7.62. The van der Waals surface area contributed by atoms with E-state index >= 15 is 0 Å². The van der Waals surface area contributed by atoms with Crippen LogP contribution in [0.2, 0.25) is 0 Å². The summed E-state index contributed by atoms with van der Waals surface area (Å²) in [5, 5.41) is 4.70. The monoisotopic (exact) mass is 397 g/mol. The van der Waals surface area contributed by atoms with Gasteiger partial charge >= 0.3 is 0 Å². The van der Waals surface area contributed by atoms with Gasteiger partial charge in [0, 0.05) is 42.3 Å². The second kappa shape index (κ2) is 8.97. The number of hydrogen-bond acceptors (Lipinski definition) is 2. The molecule has 0 spiro atoms. The predicted molar refractivity (Wildman–Crippen MR) is 124 cm³/mol. The minimum absolute atomic E-state index is 0.0481. The molecule has 2 atom stereocenters. The van der Waals surface area contributed by atoms with Crippen molar-refractivity contribution >= 4 is 22.5 Å². The van der Waals surface area contributed by atoms with Crippen molar-refractivity contribution in [2.45, 2.75) is 18.9 Å². The highest BCUT2D eigenvalue weighted by Crippen LogP contribution is 2.30. The molecule has 4 aromatic rings. The highest BCUT2D eigenvalue weighted by atomic mass is 16.2. The molecule has 0 saturated heterocycles. The van der Waals surface area contributed by atoms with Crippen LogP contribution >= 0.6 is 0 Å². The van der Waals surface area contributed by atoms with E-state index in [1.54, 1.807) is 4.90 Å². The normalized spacial score (nSPS) is 13.1. The lowest BCUT2D eigenvalue weighted by Gasteiger charge is -2.25. The Bertz CT molecular complexity index is 1100. The Balaban J connectivity index is 1.55. The average molecular weight is 398 g/mol. The largest absolute Gasteiger partial charge is 0.361 e. The minimum atomic E-state index is -0.299. The zero-order valence-electron chi connectivity index (χ0n) is 17.4. The van der Waals surface area contributed by atoms with Crippen molar-refractivity contribution in [3.8, 4) is 0 Å². The number of hydrogen-bond donors (Lipinski definition) is 2. The van der Waals surface area contributed by atoms with E-state index in [4.69, 9.17) is 0 Å². The van der Waals surface area contributed by atoms with Crippen LogP contribution in [0.5, 0.6) is 0 Å². The average Bonchev–Trinajstić information content (AvgIpc) is 3.23. The molecule has 4 rings (SSSR count). The first-order valence-electron chi connectivity index (χ1n) is 10.3. The molecule has 4 nitrogen and oxygen atoms in total. The molecule has 0 saturated carbocycles. The van der Waals surface area contributed by atoms with E-state index in [1.807, 2.05) is 56.4 Å². The van der Waals surface area contributed by atoms with Gasteiger partial charge in [0.1, 0.15) is 0 Å². The highest BCUT2D eigenvalue weighted by Gasteiger charge is 2.22. The molecule has 4 heteroatoms. The maximum absolute atomic E-state index is 12.9. The van der Waals surface area contributed by atoms with Crippen molar-refractivity contribution in [2.75, 3.05) is 18.5 Å². The number of H-pyrrole nitrogens is 1. The molecule has 1 heterocycles. The van der Waals surface area contributed by atoms with Crippen molar-refractivity contribution in [1.29, 1.82) is 0 Å². The Morgan fingerprint density at radius 3 is 2.30 bits per heavy atom. The van der Waals surface area contributed by atoms with E-state index in [-0.39, 0.29) is 17.9 Å². The van der Waals surface area contributed by atoms with Crippen molar-refractivity contribution < 1.29 is 4.79 Å². The molecule has 0 radical (unpaired) electrons. The summed E-state index contributed by atoms with van der Waals surface area (Å²) in [5.74, 6) is 0.187. The number of fused-ring (bicyclic) bond motifs is 1. The number of nitrogens with one attached hydrogen (secondary N) is 2. The number of likely N-dealkylation sites (N-methyl/N-ethyl adjacent to an activating group) is 1. The topological polar surface area (TPSA) is 48.1 Å².